The molecule has 0 fully saturated rings. The number of nitrogens with one attached hydrogen (secondary N) is 5. The van der Waals surface area contributed by atoms with E-state index in [0.717, 1.165) is 0 Å². The fourth-order valence-corrected chi connectivity index (χ4v) is 8.25. The van der Waals surface area contributed by atoms with E-state index in [2.05, 4.69) is 41.2 Å². The number of carboxylic acid groups (broad SMARTS) is 2. The predicted octanol–water partition coefficient (Wildman–Crippen LogP) is 5.74. The van der Waals surface area contributed by atoms with E-state index >= 15 is 0 Å². The number of aromatic amines is 1. The Kier molecular flexibility index (Phi) is 19.8. The number of aliphatic carboxylic acids is 2. The minimum Gasteiger partial charge on any atom is -0.481 e. The predicted molar refractivity (Wildman–Crippen MR) is 233 cm³/mol. The van der Waals surface area contributed by atoms with Crippen molar-refractivity contribution in [3.05, 3.63) is 81.9 Å². The average molecular weight is 949 g/mol. The fraction of sp³-hybridized carbons (Fsp3) is 0.410. The van der Waals surface area contributed by atoms with Crippen LogP contribution in [0.2, 0.25) is 0 Å². The minimum atomic E-state index is -4.13. The van der Waals surface area contributed by atoms with Crippen molar-refractivity contribution in [2.24, 2.45) is 0 Å². The molecule has 24 nitrogen and oxygen atoms in total. The molecule has 0 saturated carbocycles. The van der Waals surface area contributed by atoms with E-state index < -0.39 is 76.0 Å². The second kappa shape index (κ2) is 24.9. The highest BCUT2D eigenvalue weighted by Gasteiger charge is 2.34. The van der Waals surface area contributed by atoms with Crippen molar-refractivity contribution in [3.8, 4) is 0 Å². The minimum absolute atomic E-state index is 0.00445. The maximum Gasteiger partial charge on any atom is 0.475 e. The third-order valence-corrected chi connectivity index (χ3v) is 11.9. The molecule has 0 bridgehead atoms. The summed E-state index contributed by atoms with van der Waals surface area (Å²) in [6.07, 6.45) is -0.901. The van der Waals surface area contributed by atoms with Gasteiger partial charge in [-0.15, -0.1) is 0 Å². The average Bonchev–Trinajstić information content (AvgIpc) is 3.25. The zero-order valence-corrected chi connectivity index (χ0v) is 37.6. The molecule has 4 rings (SSSR count). The number of benzene rings is 2. The standard InChI is InChI=1S/C39H50N8O16P2/c1-5-58-64(56,59-6-2)62-23-27(63-65(57,60-7-3)61-8-4)17-19-31(48)28-11-9-10-12-29(28)44-39(55)47-38-45-34-33(36(52)46-38)42-26(22-41-34)21-40-25-15-13-24(14-16-25)35(51)43-30(37(53)54)18-20-32(49)50/h9-16,22,27,30,40H,5-8,17-21,23H2,1-4H3,(H,43,51)(H,49,50)(H,53,54)(H3,41,44,45,46,47,52,55)/t27?,30-/m0/s1. The number of fused-ring (bicyclic) bond motifs is 1. The number of carboxylic acids is 2. The zero-order chi connectivity index (χ0) is 47.6. The number of carbonyl (C=O) groups is 5. The number of rotatable bonds is 28. The van der Waals surface area contributed by atoms with Gasteiger partial charge in [0.15, 0.2) is 16.9 Å². The third kappa shape index (κ3) is 16.2. The van der Waals surface area contributed by atoms with Gasteiger partial charge in [-0.3, -0.25) is 56.6 Å². The number of phosphoric ester groups is 2. The fourth-order valence-electron chi connectivity index (χ4n) is 5.69. The number of amides is 3. The molecule has 2 atom stereocenters. The summed E-state index contributed by atoms with van der Waals surface area (Å²) in [6, 6.07) is 9.79. The van der Waals surface area contributed by atoms with Gasteiger partial charge in [-0.05, 0) is 76.9 Å². The summed E-state index contributed by atoms with van der Waals surface area (Å²) < 4.78 is 58.2. The van der Waals surface area contributed by atoms with Crippen LogP contribution in [0, 0.1) is 0 Å². The number of aromatic nitrogens is 4. The molecule has 0 spiro atoms. The van der Waals surface area contributed by atoms with Gasteiger partial charge < -0.3 is 26.2 Å². The van der Waals surface area contributed by atoms with E-state index in [9.17, 15) is 43.0 Å². The molecule has 4 aromatic rings. The van der Waals surface area contributed by atoms with Crippen LogP contribution in [0.4, 0.5) is 22.1 Å². The number of anilines is 3. The number of urea groups is 1. The highest BCUT2D eigenvalue weighted by Crippen LogP contribution is 2.53. The SMILES string of the molecule is CCOP(=O)(OCC)OCC(CCC(=O)c1ccccc1NC(=O)Nc1nc2ncc(CNc3ccc(C(=O)N[C@@H](CCC(=O)O)C(=O)O)cc3)nc2c(=O)[nH]1)OP(=O)(OCC)OCC. The Morgan fingerprint density at radius 2 is 1.43 bits per heavy atom. The van der Waals surface area contributed by atoms with Crippen molar-refractivity contribution in [1.82, 2.24) is 25.3 Å². The summed E-state index contributed by atoms with van der Waals surface area (Å²) in [6.45, 7) is 5.91. The molecule has 65 heavy (non-hydrogen) atoms. The molecule has 0 radical (unpaired) electrons. The van der Waals surface area contributed by atoms with Crippen LogP contribution in [-0.2, 0) is 52.4 Å². The third-order valence-electron chi connectivity index (χ3n) is 8.59. The van der Waals surface area contributed by atoms with Gasteiger partial charge in [0.1, 0.15) is 6.04 Å². The molecule has 0 saturated heterocycles. The molecule has 0 aliphatic carbocycles. The maximum absolute atomic E-state index is 13.6. The first-order valence-electron chi connectivity index (χ1n) is 20.2. The van der Waals surface area contributed by atoms with Crippen LogP contribution in [-0.4, -0.2) is 105 Å². The second-order valence-corrected chi connectivity index (χ2v) is 16.6. The number of Topliss-reactive ketones (excluding diaryl/α,β-unsaturated/α-hetero) is 1. The Bertz CT molecular complexity index is 2440. The summed E-state index contributed by atoms with van der Waals surface area (Å²) in [4.78, 5) is 89.7. The maximum atomic E-state index is 13.6. The van der Waals surface area contributed by atoms with Gasteiger partial charge in [-0.1, -0.05) is 12.1 Å². The number of hydrogen-bond donors (Lipinski definition) is 7. The number of hydrogen-bond acceptors (Lipinski definition) is 18. The number of ketones is 1. The van der Waals surface area contributed by atoms with Crippen molar-refractivity contribution in [2.75, 3.05) is 49.0 Å². The molecule has 0 aliphatic heterocycles. The molecule has 2 heterocycles. The van der Waals surface area contributed by atoms with E-state index in [-0.39, 0.29) is 86.2 Å². The van der Waals surface area contributed by atoms with Crippen molar-refractivity contribution < 1.29 is 70.5 Å². The molecule has 7 N–H and O–H groups in total. The lowest BCUT2D eigenvalue weighted by atomic mass is 10.0. The van der Waals surface area contributed by atoms with E-state index in [1.54, 1.807) is 52.0 Å². The van der Waals surface area contributed by atoms with Crippen LogP contribution in [0.5, 0.6) is 0 Å². The molecule has 0 aliphatic rings. The van der Waals surface area contributed by atoms with Gasteiger partial charge >= 0.3 is 33.6 Å². The Morgan fingerprint density at radius 3 is 2.06 bits per heavy atom. The first-order chi connectivity index (χ1) is 31.0. The van der Waals surface area contributed by atoms with Crippen LogP contribution in [0.3, 0.4) is 0 Å². The summed E-state index contributed by atoms with van der Waals surface area (Å²) >= 11 is 0. The van der Waals surface area contributed by atoms with Crippen LogP contribution >= 0.6 is 15.6 Å². The monoisotopic (exact) mass is 948 g/mol. The lowest BCUT2D eigenvalue weighted by Gasteiger charge is -2.25. The first kappa shape index (κ1) is 51.7. The van der Waals surface area contributed by atoms with Crippen LogP contribution in [0.1, 0.15) is 79.8 Å². The van der Waals surface area contributed by atoms with E-state index in [4.69, 9.17) is 32.2 Å². The normalized spacial score (nSPS) is 12.6. The molecule has 352 valence electrons. The van der Waals surface area contributed by atoms with Crippen LogP contribution < -0.4 is 26.8 Å². The molecule has 3 amide bonds. The highest BCUT2D eigenvalue weighted by molar-refractivity contribution is 7.48. The molecular weight excluding hydrogens is 898 g/mol. The van der Waals surface area contributed by atoms with E-state index in [0.29, 0.717) is 11.4 Å². The van der Waals surface area contributed by atoms with Gasteiger partial charge in [0.05, 0.1) is 63.3 Å². The Balaban J connectivity index is 1.38. The van der Waals surface area contributed by atoms with E-state index in [1.165, 1.54) is 30.5 Å². The summed E-state index contributed by atoms with van der Waals surface area (Å²) in [5, 5.41) is 28.5. The molecule has 1 unspecified atom stereocenters. The smallest absolute Gasteiger partial charge is 0.475 e. The largest absolute Gasteiger partial charge is 0.481 e. The number of carbonyl (C=O) groups excluding carboxylic acids is 3. The van der Waals surface area contributed by atoms with Crippen molar-refractivity contribution >= 4 is 73.8 Å². The lowest BCUT2D eigenvalue weighted by Crippen LogP contribution is -2.41. The first-order valence-corrected chi connectivity index (χ1v) is 23.1. The lowest BCUT2D eigenvalue weighted by molar-refractivity contribution is -0.140. The number of nitrogens with zero attached hydrogens (tertiary/aromatic N) is 3. The summed E-state index contributed by atoms with van der Waals surface area (Å²) in [5.41, 5.74) is 0.206. The summed E-state index contributed by atoms with van der Waals surface area (Å²) in [7, 11) is -8.17. The second-order valence-electron chi connectivity index (χ2n) is 13.4. The van der Waals surface area contributed by atoms with E-state index in [1.807, 2.05) is 0 Å². The topological polar surface area (TPSA) is 335 Å². The Labute approximate surface area is 371 Å². The van der Waals surface area contributed by atoms with Crippen LogP contribution in [0.15, 0.2) is 59.5 Å². The van der Waals surface area contributed by atoms with Crippen LogP contribution in [0.25, 0.3) is 11.2 Å². The van der Waals surface area contributed by atoms with Gasteiger partial charge in [0.25, 0.3) is 11.5 Å². The van der Waals surface area contributed by atoms with Gasteiger partial charge in [0, 0.05) is 29.7 Å². The number of H-pyrrole nitrogens is 1. The Hall–Kier alpha value is -5.97. The number of phosphoric acid groups is 2. The van der Waals surface area contributed by atoms with Crippen molar-refractivity contribution in [2.45, 2.75) is 72.1 Å². The highest BCUT2D eigenvalue weighted by atomic mass is 31.2. The molecular formula is C39H50N8O16P2. The van der Waals surface area contributed by atoms with Crippen molar-refractivity contribution in [3.63, 3.8) is 0 Å². The molecule has 2 aromatic heterocycles. The zero-order valence-electron chi connectivity index (χ0n) is 35.8. The Morgan fingerprint density at radius 1 is 0.785 bits per heavy atom. The quantitative estimate of drug-likeness (QED) is 0.0263. The molecule has 2 aromatic carbocycles. The number of para-hydroxylation sites is 1. The van der Waals surface area contributed by atoms with Crippen molar-refractivity contribution in [1.29, 1.82) is 0 Å². The molecule has 26 heteroatoms. The van der Waals surface area contributed by atoms with Gasteiger partial charge in [-0.2, -0.15) is 4.98 Å². The van der Waals surface area contributed by atoms with Gasteiger partial charge in [-0.25, -0.2) is 28.7 Å². The summed E-state index contributed by atoms with van der Waals surface area (Å²) in [5.74, 6) is -4.02. The van der Waals surface area contributed by atoms with Gasteiger partial charge in [0.2, 0.25) is 5.95 Å².